The van der Waals surface area contributed by atoms with Gasteiger partial charge >= 0.3 is 12.1 Å². The number of hydrogen-bond acceptors (Lipinski definition) is 5. The SMILES string of the molecule is COC(=O)n1ccc2nc(OC)ncc21. The largest absolute Gasteiger partial charge is 0.467 e. The Morgan fingerprint density at radius 1 is 1.47 bits per heavy atom. The molecule has 0 atom stereocenters. The number of hydrogen-bond donors (Lipinski definition) is 0. The molecule has 0 aliphatic heterocycles. The van der Waals surface area contributed by atoms with Gasteiger partial charge in [-0.1, -0.05) is 0 Å². The van der Waals surface area contributed by atoms with Crippen LogP contribution in [0.3, 0.4) is 0 Å². The summed E-state index contributed by atoms with van der Waals surface area (Å²) in [4.78, 5) is 19.3. The molecule has 15 heavy (non-hydrogen) atoms. The molecule has 0 bridgehead atoms. The maximum atomic E-state index is 11.3. The molecule has 6 heteroatoms. The maximum Gasteiger partial charge on any atom is 0.418 e. The van der Waals surface area contributed by atoms with E-state index in [1.165, 1.54) is 25.0 Å². The van der Waals surface area contributed by atoms with Gasteiger partial charge in [-0.05, 0) is 6.07 Å². The molecule has 0 spiro atoms. The summed E-state index contributed by atoms with van der Waals surface area (Å²) in [5.74, 6) is 0. The van der Waals surface area contributed by atoms with Crippen LogP contribution in [0, 0.1) is 0 Å². The van der Waals surface area contributed by atoms with Crippen molar-refractivity contribution >= 4 is 17.1 Å². The third-order valence-corrected chi connectivity index (χ3v) is 1.97. The molecule has 2 heterocycles. The summed E-state index contributed by atoms with van der Waals surface area (Å²) in [7, 11) is 2.80. The molecule has 0 radical (unpaired) electrons. The van der Waals surface area contributed by atoms with E-state index in [1.54, 1.807) is 12.3 Å². The van der Waals surface area contributed by atoms with Gasteiger partial charge in [0, 0.05) is 6.20 Å². The number of fused-ring (bicyclic) bond motifs is 1. The summed E-state index contributed by atoms with van der Waals surface area (Å²) in [6.07, 6.45) is 2.61. The number of methoxy groups -OCH3 is 2. The van der Waals surface area contributed by atoms with Crippen LogP contribution in [0.1, 0.15) is 0 Å². The first-order valence-corrected chi connectivity index (χ1v) is 4.22. The fourth-order valence-electron chi connectivity index (χ4n) is 1.26. The summed E-state index contributed by atoms with van der Waals surface area (Å²) in [5.41, 5.74) is 1.22. The van der Waals surface area contributed by atoms with Crippen molar-refractivity contribution in [2.24, 2.45) is 0 Å². The minimum Gasteiger partial charge on any atom is -0.467 e. The molecule has 2 aromatic rings. The summed E-state index contributed by atoms with van der Waals surface area (Å²) in [5, 5.41) is 0. The molecular formula is C9H9N3O3. The molecule has 0 aliphatic carbocycles. The second kappa shape index (κ2) is 3.56. The fourth-order valence-corrected chi connectivity index (χ4v) is 1.26. The first-order valence-electron chi connectivity index (χ1n) is 4.22. The van der Waals surface area contributed by atoms with Gasteiger partial charge < -0.3 is 9.47 Å². The van der Waals surface area contributed by atoms with E-state index >= 15 is 0 Å². The van der Waals surface area contributed by atoms with E-state index in [0.29, 0.717) is 11.0 Å². The Kier molecular flexibility index (Phi) is 2.24. The topological polar surface area (TPSA) is 66.2 Å². The molecule has 0 unspecified atom stereocenters. The van der Waals surface area contributed by atoms with Crippen molar-refractivity contribution in [3.63, 3.8) is 0 Å². The number of aromatic nitrogens is 3. The lowest BCUT2D eigenvalue weighted by molar-refractivity contribution is 0.174. The number of carbonyl (C=O) groups excluding carboxylic acids is 1. The standard InChI is InChI=1S/C9H9N3O3/c1-14-8-10-5-7-6(11-8)3-4-12(7)9(13)15-2/h3-5H,1-2H3. The molecule has 0 aliphatic rings. The van der Waals surface area contributed by atoms with Crippen LogP contribution < -0.4 is 4.74 Å². The zero-order valence-corrected chi connectivity index (χ0v) is 8.30. The van der Waals surface area contributed by atoms with Crippen LogP contribution in [-0.4, -0.2) is 34.8 Å². The van der Waals surface area contributed by atoms with Gasteiger partial charge in [0.05, 0.1) is 31.4 Å². The van der Waals surface area contributed by atoms with Crippen LogP contribution in [0.2, 0.25) is 0 Å². The normalized spacial score (nSPS) is 10.3. The average Bonchev–Trinajstić information content (AvgIpc) is 2.70. The molecule has 2 rings (SSSR count). The van der Waals surface area contributed by atoms with Crippen LogP contribution in [0.15, 0.2) is 18.5 Å². The van der Waals surface area contributed by atoms with Gasteiger partial charge in [0.15, 0.2) is 0 Å². The lowest BCUT2D eigenvalue weighted by Crippen LogP contribution is -2.09. The van der Waals surface area contributed by atoms with E-state index in [9.17, 15) is 4.79 Å². The minimum absolute atomic E-state index is 0.269. The van der Waals surface area contributed by atoms with Gasteiger partial charge in [0.1, 0.15) is 0 Å². The van der Waals surface area contributed by atoms with Gasteiger partial charge in [-0.3, -0.25) is 0 Å². The molecule has 0 amide bonds. The maximum absolute atomic E-state index is 11.3. The zero-order valence-electron chi connectivity index (χ0n) is 8.30. The Morgan fingerprint density at radius 3 is 2.93 bits per heavy atom. The minimum atomic E-state index is -0.473. The van der Waals surface area contributed by atoms with Crippen molar-refractivity contribution in [1.82, 2.24) is 14.5 Å². The lowest BCUT2D eigenvalue weighted by atomic mass is 10.5. The van der Waals surface area contributed by atoms with Crippen LogP contribution in [0.25, 0.3) is 11.0 Å². The highest BCUT2D eigenvalue weighted by atomic mass is 16.5. The lowest BCUT2D eigenvalue weighted by Gasteiger charge is -2.01. The van der Waals surface area contributed by atoms with Crippen molar-refractivity contribution in [2.75, 3.05) is 14.2 Å². The highest BCUT2D eigenvalue weighted by Gasteiger charge is 2.10. The monoisotopic (exact) mass is 207 g/mol. The van der Waals surface area contributed by atoms with Gasteiger partial charge in [0.25, 0.3) is 0 Å². The van der Waals surface area contributed by atoms with Crippen molar-refractivity contribution in [1.29, 1.82) is 0 Å². The first kappa shape index (κ1) is 9.45. The summed E-state index contributed by atoms with van der Waals surface area (Å²) in [6, 6.07) is 1.96. The van der Waals surface area contributed by atoms with Crippen LogP contribution in [0.4, 0.5) is 4.79 Å². The highest BCUT2D eigenvalue weighted by molar-refractivity contribution is 5.86. The van der Waals surface area contributed by atoms with Crippen LogP contribution in [0.5, 0.6) is 6.01 Å². The Bertz CT molecular complexity index is 506. The molecule has 0 aromatic carbocycles. The summed E-state index contributed by atoms with van der Waals surface area (Å²) in [6.45, 7) is 0. The molecule has 0 N–H and O–H groups in total. The van der Waals surface area contributed by atoms with Crippen LogP contribution >= 0.6 is 0 Å². The second-order valence-electron chi connectivity index (χ2n) is 2.78. The van der Waals surface area contributed by atoms with Crippen molar-refractivity contribution in [2.45, 2.75) is 0 Å². The number of carbonyl (C=O) groups is 1. The summed E-state index contributed by atoms with van der Waals surface area (Å²) >= 11 is 0. The Hall–Kier alpha value is -2.11. The molecule has 6 nitrogen and oxygen atoms in total. The summed E-state index contributed by atoms with van der Waals surface area (Å²) < 4.78 is 10.8. The van der Waals surface area contributed by atoms with E-state index in [2.05, 4.69) is 14.7 Å². The van der Waals surface area contributed by atoms with E-state index in [0.717, 1.165) is 0 Å². The predicted molar refractivity (Wildman–Crippen MR) is 51.9 cm³/mol. The van der Waals surface area contributed by atoms with Crippen molar-refractivity contribution in [3.8, 4) is 6.01 Å². The Balaban J connectivity index is 2.57. The number of rotatable bonds is 1. The van der Waals surface area contributed by atoms with E-state index in [1.807, 2.05) is 0 Å². The van der Waals surface area contributed by atoms with Gasteiger partial charge in [0.2, 0.25) is 0 Å². The fraction of sp³-hybridized carbons (Fsp3) is 0.222. The Labute approximate surface area is 85.5 Å². The van der Waals surface area contributed by atoms with Crippen molar-refractivity contribution < 1.29 is 14.3 Å². The molecular weight excluding hydrogens is 198 g/mol. The smallest absolute Gasteiger partial charge is 0.418 e. The third kappa shape index (κ3) is 1.50. The van der Waals surface area contributed by atoms with E-state index in [-0.39, 0.29) is 6.01 Å². The Morgan fingerprint density at radius 2 is 2.27 bits per heavy atom. The molecule has 0 saturated heterocycles. The van der Waals surface area contributed by atoms with Gasteiger partial charge in [-0.2, -0.15) is 4.98 Å². The highest BCUT2D eigenvalue weighted by Crippen LogP contribution is 2.15. The number of nitrogens with zero attached hydrogens (tertiary/aromatic N) is 3. The average molecular weight is 207 g/mol. The number of ether oxygens (including phenoxy) is 2. The second-order valence-corrected chi connectivity index (χ2v) is 2.78. The van der Waals surface area contributed by atoms with E-state index in [4.69, 9.17) is 4.74 Å². The molecule has 2 aromatic heterocycles. The molecule has 78 valence electrons. The van der Waals surface area contributed by atoms with E-state index < -0.39 is 6.09 Å². The van der Waals surface area contributed by atoms with Gasteiger partial charge in [-0.15, -0.1) is 0 Å². The van der Waals surface area contributed by atoms with Gasteiger partial charge in [-0.25, -0.2) is 14.3 Å². The zero-order chi connectivity index (χ0) is 10.8. The quantitative estimate of drug-likeness (QED) is 0.699. The third-order valence-electron chi connectivity index (χ3n) is 1.97. The predicted octanol–water partition coefficient (Wildman–Crippen LogP) is 1.05. The van der Waals surface area contributed by atoms with Crippen LogP contribution in [-0.2, 0) is 4.74 Å². The molecule has 0 fully saturated rings. The van der Waals surface area contributed by atoms with Crippen molar-refractivity contribution in [3.05, 3.63) is 18.5 Å². The first-order chi connectivity index (χ1) is 7.26. The molecule has 0 saturated carbocycles.